The highest BCUT2D eigenvalue weighted by atomic mass is 19.4. The first-order valence-corrected chi connectivity index (χ1v) is 5.82. The first-order chi connectivity index (χ1) is 9.33. The summed E-state index contributed by atoms with van der Waals surface area (Å²) < 4.78 is 35.8. The van der Waals surface area contributed by atoms with Crippen molar-refractivity contribution in [3.63, 3.8) is 0 Å². The van der Waals surface area contributed by atoms with Crippen LogP contribution in [0.2, 0.25) is 0 Å². The minimum absolute atomic E-state index is 0.0411. The van der Waals surface area contributed by atoms with Gasteiger partial charge in [0.25, 0.3) is 5.69 Å². The lowest BCUT2D eigenvalue weighted by Crippen LogP contribution is -2.09. The molecule has 0 spiro atoms. The highest BCUT2D eigenvalue weighted by Gasteiger charge is 2.25. The third-order valence-corrected chi connectivity index (χ3v) is 2.53. The number of benzene rings is 1. The van der Waals surface area contributed by atoms with Crippen molar-refractivity contribution in [2.45, 2.75) is 25.4 Å². The number of rotatable bonds is 6. The number of nitriles is 1. The SMILES string of the molecule is N#Cc1ccc(NCCCCC(F)(F)F)c([N+](=O)[O-])c1. The molecule has 0 saturated carbocycles. The van der Waals surface area contributed by atoms with Crippen LogP contribution in [0.3, 0.4) is 0 Å². The molecule has 20 heavy (non-hydrogen) atoms. The number of halogens is 3. The van der Waals surface area contributed by atoms with Gasteiger partial charge in [0.2, 0.25) is 0 Å². The third kappa shape index (κ3) is 5.14. The van der Waals surface area contributed by atoms with E-state index < -0.39 is 17.5 Å². The van der Waals surface area contributed by atoms with Gasteiger partial charge >= 0.3 is 6.18 Å². The number of nitrogens with one attached hydrogen (secondary N) is 1. The molecule has 0 fully saturated rings. The molecule has 1 aromatic rings. The van der Waals surface area contributed by atoms with Crippen molar-refractivity contribution in [1.29, 1.82) is 5.26 Å². The maximum Gasteiger partial charge on any atom is 0.389 e. The first kappa shape index (κ1) is 15.8. The molecule has 1 rings (SSSR count). The van der Waals surface area contributed by atoms with Gasteiger partial charge in [-0.05, 0) is 25.0 Å². The lowest BCUT2D eigenvalue weighted by Gasteiger charge is -2.08. The van der Waals surface area contributed by atoms with E-state index in [1.165, 1.54) is 12.1 Å². The van der Waals surface area contributed by atoms with Crippen molar-refractivity contribution < 1.29 is 18.1 Å². The summed E-state index contributed by atoms with van der Waals surface area (Å²) in [6.07, 6.45) is -4.85. The number of unbranched alkanes of at least 4 members (excludes halogenated alkanes) is 1. The molecule has 0 saturated heterocycles. The summed E-state index contributed by atoms with van der Waals surface area (Å²) in [6, 6.07) is 5.69. The molecule has 5 nitrogen and oxygen atoms in total. The maximum atomic E-state index is 11.9. The Labute approximate surface area is 113 Å². The monoisotopic (exact) mass is 287 g/mol. The Morgan fingerprint density at radius 3 is 2.60 bits per heavy atom. The van der Waals surface area contributed by atoms with Crippen molar-refractivity contribution >= 4 is 11.4 Å². The summed E-state index contributed by atoms with van der Waals surface area (Å²) in [5.41, 5.74) is 0.0835. The zero-order valence-electron chi connectivity index (χ0n) is 10.4. The largest absolute Gasteiger partial charge is 0.389 e. The van der Waals surface area contributed by atoms with Gasteiger partial charge in [0.15, 0.2) is 0 Å². The predicted octanol–water partition coefficient (Wildman–Crippen LogP) is 3.61. The van der Waals surface area contributed by atoms with Gasteiger partial charge in [0, 0.05) is 19.0 Å². The summed E-state index contributed by atoms with van der Waals surface area (Å²) in [5, 5.41) is 22.2. The lowest BCUT2D eigenvalue weighted by atomic mass is 10.2. The molecule has 0 aliphatic carbocycles. The molecule has 1 N–H and O–H groups in total. The molecule has 0 amide bonds. The van der Waals surface area contributed by atoms with Crippen LogP contribution in [0.5, 0.6) is 0 Å². The van der Waals surface area contributed by atoms with Gasteiger partial charge in [-0.2, -0.15) is 18.4 Å². The summed E-state index contributed by atoms with van der Waals surface area (Å²) in [6.45, 7) is 0.197. The summed E-state index contributed by atoms with van der Waals surface area (Å²) in [7, 11) is 0. The van der Waals surface area contributed by atoms with Crippen LogP contribution in [-0.2, 0) is 0 Å². The van der Waals surface area contributed by atoms with Crippen molar-refractivity contribution in [2.24, 2.45) is 0 Å². The van der Waals surface area contributed by atoms with Gasteiger partial charge in [0.1, 0.15) is 5.69 Å². The van der Waals surface area contributed by atoms with Gasteiger partial charge in [-0.1, -0.05) is 0 Å². The van der Waals surface area contributed by atoms with Crippen molar-refractivity contribution in [2.75, 3.05) is 11.9 Å². The Hall–Kier alpha value is -2.30. The van der Waals surface area contributed by atoms with E-state index in [9.17, 15) is 23.3 Å². The second-order valence-electron chi connectivity index (χ2n) is 4.10. The van der Waals surface area contributed by atoms with Crippen LogP contribution in [-0.4, -0.2) is 17.6 Å². The van der Waals surface area contributed by atoms with Crippen molar-refractivity contribution in [3.05, 3.63) is 33.9 Å². The van der Waals surface area contributed by atoms with Gasteiger partial charge in [0.05, 0.1) is 16.6 Å². The number of nitro benzene ring substituents is 1. The third-order valence-electron chi connectivity index (χ3n) is 2.53. The maximum absolute atomic E-state index is 11.9. The fourth-order valence-corrected chi connectivity index (χ4v) is 1.58. The zero-order valence-corrected chi connectivity index (χ0v) is 10.4. The van der Waals surface area contributed by atoms with E-state index in [1.807, 2.05) is 0 Å². The first-order valence-electron chi connectivity index (χ1n) is 5.82. The zero-order chi connectivity index (χ0) is 15.2. The van der Waals surface area contributed by atoms with E-state index >= 15 is 0 Å². The fourth-order valence-electron chi connectivity index (χ4n) is 1.58. The molecular weight excluding hydrogens is 275 g/mol. The van der Waals surface area contributed by atoms with Gasteiger partial charge < -0.3 is 5.32 Å². The van der Waals surface area contributed by atoms with E-state index in [2.05, 4.69) is 5.32 Å². The molecule has 1 aromatic carbocycles. The molecule has 8 heteroatoms. The van der Waals surface area contributed by atoms with E-state index in [0.29, 0.717) is 0 Å². The van der Waals surface area contributed by atoms with Crippen molar-refractivity contribution in [3.8, 4) is 6.07 Å². The van der Waals surface area contributed by atoms with Gasteiger partial charge in [-0.15, -0.1) is 0 Å². The number of anilines is 1. The molecule has 0 heterocycles. The molecule has 0 aliphatic rings. The number of hydrogen-bond donors (Lipinski definition) is 1. The Kier molecular flexibility index (Phi) is 5.32. The molecule has 0 unspecified atom stereocenters. The van der Waals surface area contributed by atoms with E-state index in [4.69, 9.17) is 5.26 Å². The molecule has 0 radical (unpaired) electrons. The minimum atomic E-state index is -4.18. The number of hydrogen-bond acceptors (Lipinski definition) is 4. The normalized spacial score (nSPS) is 10.9. The van der Waals surface area contributed by atoms with Crippen LogP contribution < -0.4 is 5.32 Å². The molecule has 0 bridgehead atoms. The van der Waals surface area contributed by atoms with E-state index in [0.717, 1.165) is 6.07 Å². The molecule has 0 aromatic heterocycles. The van der Waals surface area contributed by atoms with Crippen LogP contribution >= 0.6 is 0 Å². The Balaban J connectivity index is 2.56. The molecule has 0 atom stereocenters. The highest BCUT2D eigenvalue weighted by Crippen LogP contribution is 2.26. The Morgan fingerprint density at radius 2 is 2.05 bits per heavy atom. The standard InChI is InChI=1S/C12H12F3N3O2/c13-12(14,15)5-1-2-6-17-10-4-3-9(8-16)7-11(10)18(19)20/h3-4,7,17H,1-2,5-6H2. The van der Waals surface area contributed by atoms with Crippen molar-refractivity contribution in [1.82, 2.24) is 0 Å². The average molecular weight is 287 g/mol. The van der Waals surface area contributed by atoms with Gasteiger partial charge in [-0.3, -0.25) is 10.1 Å². The van der Waals surface area contributed by atoms with Crippen LogP contribution in [0.25, 0.3) is 0 Å². The Bertz CT molecular complexity index is 524. The second kappa shape index (κ2) is 6.75. The smallest absolute Gasteiger partial charge is 0.379 e. The van der Waals surface area contributed by atoms with Crippen LogP contribution in [0, 0.1) is 21.4 Å². The Morgan fingerprint density at radius 1 is 1.35 bits per heavy atom. The number of nitro groups is 1. The van der Waals surface area contributed by atoms with E-state index in [1.54, 1.807) is 6.07 Å². The highest BCUT2D eigenvalue weighted by molar-refractivity contribution is 5.63. The quantitative estimate of drug-likeness (QED) is 0.492. The minimum Gasteiger partial charge on any atom is -0.379 e. The average Bonchev–Trinajstić information content (AvgIpc) is 2.37. The van der Waals surface area contributed by atoms with E-state index in [-0.39, 0.29) is 36.3 Å². The predicted molar refractivity (Wildman–Crippen MR) is 66.2 cm³/mol. The fraction of sp³-hybridized carbons (Fsp3) is 0.417. The summed E-state index contributed by atoms with van der Waals surface area (Å²) in [4.78, 5) is 10.2. The lowest BCUT2D eigenvalue weighted by molar-refractivity contribution is -0.384. The van der Waals surface area contributed by atoms with Crippen LogP contribution in [0.15, 0.2) is 18.2 Å². The number of alkyl halides is 3. The molecular formula is C12H12F3N3O2. The summed E-state index contributed by atoms with van der Waals surface area (Å²) >= 11 is 0. The number of nitrogens with zero attached hydrogens (tertiary/aromatic N) is 2. The second-order valence-corrected chi connectivity index (χ2v) is 4.10. The van der Waals surface area contributed by atoms with Gasteiger partial charge in [-0.25, -0.2) is 0 Å². The molecule has 108 valence electrons. The summed E-state index contributed by atoms with van der Waals surface area (Å²) in [5.74, 6) is 0. The van der Waals surface area contributed by atoms with Crippen LogP contribution in [0.1, 0.15) is 24.8 Å². The molecule has 0 aliphatic heterocycles. The van der Waals surface area contributed by atoms with Crippen LogP contribution in [0.4, 0.5) is 24.5 Å². The topological polar surface area (TPSA) is 79.0 Å².